The number of amides is 1. The molecular weight excluding hydrogens is 501 g/mol. The minimum atomic E-state index is -4.77. The van der Waals surface area contributed by atoms with Gasteiger partial charge in [0.1, 0.15) is 11.6 Å². The van der Waals surface area contributed by atoms with Crippen LogP contribution in [-0.2, 0) is 6.42 Å². The highest BCUT2D eigenvalue weighted by Gasteiger charge is 2.31. The Bertz CT molecular complexity index is 1350. The second-order valence-electron chi connectivity index (χ2n) is 8.80. The van der Waals surface area contributed by atoms with Crippen molar-refractivity contribution in [1.29, 1.82) is 0 Å². The molecule has 1 aromatic heterocycles. The maximum absolute atomic E-state index is 12.4. The fourth-order valence-corrected chi connectivity index (χ4v) is 5.13. The highest BCUT2D eigenvalue weighted by molar-refractivity contribution is 7.13. The number of piperazine rings is 1. The van der Waals surface area contributed by atoms with Crippen LogP contribution in [0.1, 0.15) is 15.9 Å². The molecule has 1 saturated heterocycles. The van der Waals surface area contributed by atoms with E-state index in [1.54, 1.807) is 11.5 Å². The Labute approximate surface area is 216 Å². The van der Waals surface area contributed by atoms with Gasteiger partial charge in [-0.15, -0.1) is 13.2 Å². The molecule has 0 bridgehead atoms. The average molecular weight is 527 g/mol. The molecule has 1 N–H and O–H groups in total. The van der Waals surface area contributed by atoms with Gasteiger partial charge >= 0.3 is 6.36 Å². The number of nitrogens with one attached hydrogen (secondary N) is 1. The van der Waals surface area contributed by atoms with Crippen LogP contribution in [0.3, 0.4) is 0 Å². The first kappa shape index (κ1) is 25.0. The van der Waals surface area contributed by atoms with Crippen molar-refractivity contribution in [2.45, 2.75) is 12.8 Å². The molecule has 3 aromatic carbocycles. The lowest BCUT2D eigenvalue weighted by Gasteiger charge is -2.35. The minimum absolute atomic E-state index is 0.239. The molecule has 5 rings (SSSR count). The first-order valence-corrected chi connectivity index (χ1v) is 12.7. The van der Waals surface area contributed by atoms with E-state index in [4.69, 9.17) is 0 Å². The van der Waals surface area contributed by atoms with Crippen molar-refractivity contribution in [3.8, 4) is 5.75 Å². The third kappa shape index (κ3) is 6.39. The number of aromatic nitrogens is 1. The summed E-state index contributed by atoms with van der Waals surface area (Å²) in [4.78, 5) is 17.2. The van der Waals surface area contributed by atoms with Gasteiger partial charge in [0.15, 0.2) is 0 Å². The monoisotopic (exact) mass is 526 g/mol. The van der Waals surface area contributed by atoms with E-state index >= 15 is 0 Å². The molecule has 10 heteroatoms. The van der Waals surface area contributed by atoms with Crippen LogP contribution >= 0.6 is 11.5 Å². The molecular formula is C27H25F3N4O2S. The third-order valence-electron chi connectivity index (χ3n) is 6.31. The van der Waals surface area contributed by atoms with E-state index in [1.165, 1.54) is 27.8 Å². The normalized spacial score (nSPS) is 14.6. The second kappa shape index (κ2) is 10.8. The number of alkyl halides is 3. The van der Waals surface area contributed by atoms with Crippen molar-refractivity contribution >= 4 is 39.0 Å². The van der Waals surface area contributed by atoms with Crippen molar-refractivity contribution in [2.75, 3.05) is 42.9 Å². The van der Waals surface area contributed by atoms with Crippen LogP contribution < -0.4 is 15.0 Å². The highest BCUT2D eigenvalue weighted by atomic mass is 32.1. The Morgan fingerprint density at radius 1 is 0.946 bits per heavy atom. The van der Waals surface area contributed by atoms with Gasteiger partial charge in [0.25, 0.3) is 5.91 Å². The Balaban J connectivity index is 1.08. The molecule has 1 aliphatic heterocycles. The number of halogens is 3. The van der Waals surface area contributed by atoms with Gasteiger partial charge in [-0.25, -0.2) is 0 Å². The summed E-state index contributed by atoms with van der Waals surface area (Å²) in [5.74, 6) is 0.312. The van der Waals surface area contributed by atoms with Gasteiger partial charge in [0, 0.05) is 49.4 Å². The molecule has 0 unspecified atom stereocenters. The van der Waals surface area contributed by atoms with Crippen LogP contribution in [0.5, 0.6) is 5.75 Å². The van der Waals surface area contributed by atoms with Crippen molar-refractivity contribution < 1.29 is 22.7 Å². The van der Waals surface area contributed by atoms with Gasteiger partial charge in [-0.05, 0) is 72.0 Å². The van der Waals surface area contributed by atoms with Crippen LogP contribution in [-0.4, -0.2) is 54.3 Å². The molecule has 0 spiro atoms. The van der Waals surface area contributed by atoms with Crippen LogP contribution in [0, 0.1) is 0 Å². The van der Waals surface area contributed by atoms with E-state index in [-0.39, 0.29) is 11.3 Å². The summed E-state index contributed by atoms with van der Waals surface area (Å²) >= 11 is 1.55. The van der Waals surface area contributed by atoms with Gasteiger partial charge in [0.2, 0.25) is 0 Å². The molecule has 1 fully saturated rings. The lowest BCUT2D eigenvalue weighted by molar-refractivity contribution is -0.274. The first-order chi connectivity index (χ1) is 17.8. The summed E-state index contributed by atoms with van der Waals surface area (Å²) < 4.78 is 46.6. The molecule has 4 aromatic rings. The number of ether oxygens (including phenoxy) is 1. The smallest absolute Gasteiger partial charge is 0.406 e. The largest absolute Gasteiger partial charge is 0.573 e. The number of anilines is 2. The Morgan fingerprint density at radius 2 is 1.65 bits per heavy atom. The van der Waals surface area contributed by atoms with E-state index in [1.807, 2.05) is 30.3 Å². The summed E-state index contributed by atoms with van der Waals surface area (Å²) in [6.07, 6.45) is -3.87. The second-order valence-corrected chi connectivity index (χ2v) is 9.61. The first-order valence-electron chi connectivity index (χ1n) is 11.9. The number of nitrogens with zero attached hydrogens (tertiary/aromatic N) is 3. The number of benzene rings is 3. The van der Waals surface area contributed by atoms with E-state index in [0.717, 1.165) is 57.1 Å². The Kier molecular flexibility index (Phi) is 7.29. The fraction of sp³-hybridized carbons (Fsp3) is 0.259. The summed E-state index contributed by atoms with van der Waals surface area (Å²) in [6, 6.07) is 20.8. The van der Waals surface area contributed by atoms with Crippen LogP contribution in [0.2, 0.25) is 0 Å². The average Bonchev–Trinajstić information content (AvgIpc) is 3.32. The Hall–Kier alpha value is -3.63. The predicted molar refractivity (Wildman–Crippen MR) is 139 cm³/mol. The van der Waals surface area contributed by atoms with E-state index in [0.29, 0.717) is 5.69 Å². The van der Waals surface area contributed by atoms with E-state index in [9.17, 15) is 18.0 Å². The summed E-state index contributed by atoms with van der Waals surface area (Å²) in [6.45, 7) is 4.80. The molecule has 0 atom stereocenters. The molecule has 37 heavy (non-hydrogen) atoms. The summed E-state index contributed by atoms with van der Waals surface area (Å²) in [7, 11) is 0. The number of carbonyl (C=O) groups excluding carboxylic acids is 1. The highest BCUT2D eigenvalue weighted by Crippen LogP contribution is 2.30. The number of fused-ring (bicyclic) bond motifs is 1. The quantitative estimate of drug-likeness (QED) is 0.329. The third-order valence-corrected chi connectivity index (χ3v) is 7.13. The van der Waals surface area contributed by atoms with E-state index in [2.05, 4.69) is 42.4 Å². The molecule has 0 aliphatic carbocycles. The molecule has 2 heterocycles. The fourth-order valence-electron chi connectivity index (χ4n) is 4.34. The van der Waals surface area contributed by atoms with E-state index < -0.39 is 12.3 Å². The number of rotatable bonds is 7. The molecule has 0 saturated carbocycles. The molecule has 6 nitrogen and oxygen atoms in total. The van der Waals surface area contributed by atoms with Crippen LogP contribution in [0.4, 0.5) is 24.7 Å². The molecule has 1 amide bonds. The van der Waals surface area contributed by atoms with Gasteiger partial charge < -0.3 is 15.0 Å². The number of hydrogen-bond donors (Lipinski definition) is 1. The molecule has 0 radical (unpaired) electrons. The summed E-state index contributed by atoms with van der Waals surface area (Å²) in [5, 5.41) is 3.99. The topological polar surface area (TPSA) is 57.7 Å². The summed E-state index contributed by atoms with van der Waals surface area (Å²) in [5.41, 5.74) is 2.02. The van der Waals surface area contributed by atoms with Crippen LogP contribution in [0.25, 0.3) is 10.1 Å². The predicted octanol–water partition coefficient (Wildman–Crippen LogP) is 5.81. The number of carbonyl (C=O) groups is 1. The molecule has 1 aliphatic rings. The maximum atomic E-state index is 12.4. The lowest BCUT2D eigenvalue weighted by Crippen LogP contribution is -2.47. The standard InChI is InChI=1S/C27H25F3N4O2S/c28-27(29,30)36-22-11-7-20(8-12-22)26(35)31-21-9-5-19(6-10-21)13-14-33-15-17-34(18-16-33)25-23-3-1-2-4-24(23)37-32-25/h1-12H,13-18H2,(H,31,35). The lowest BCUT2D eigenvalue weighted by atomic mass is 10.1. The van der Waals surface area contributed by atoms with Crippen molar-refractivity contribution in [3.05, 3.63) is 83.9 Å². The van der Waals surface area contributed by atoms with Gasteiger partial charge in [-0.1, -0.05) is 24.3 Å². The van der Waals surface area contributed by atoms with Gasteiger partial charge in [-0.3, -0.25) is 9.69 Å². The zero-order valence-electron chi connectivity index (χ0n) is 19.9. The maximum Gasteiger partial charge on any atom is 0.573 e. The molecule has 192 valence electrons. The van der Waals surface area contributed by atoms with Crippen LogP contribution in [0.15, 0.2) is 72.8 Å². The van der Waals surface area contributed by atoms with Crippen molar-refractivity contribution in [1.82, 2.24) is 9.27 Å². The van der Waals surface area contributed by atoms with Gasteiger partial charge in [0.05, 0.1) is 4.70 Å². The van der Waals surface area contributed by atoms with Crippen molar-refractivity contribution in [3.63, 3.8) is 0 Å². The zero-order valence-corrected chi connectivity index (χ0v) is 20.7. The number of hydrogen-bond acceptors (Lipinski definition) is 6. The zero-order chi connectivity index (χ0) is 25.8. The van der Waals surface area contributed by atoms with Crippen molar-refractivity contribution in [2.24, 2.45) is 0 Å². The Morgan fingerprint density at radius 3 is 2.35 bits per heavy atom. The SMILES string of the molecule is O=C(Nc1ccc(CCN2CCN(c3nsc4ccccc34)CC2)cc1)c1ccc(OC(F)(F)F)cc1. The minimum Gasteiger partial charge on any atom is -0.406 e. The van der Waals surface area contributed by atoms with Gasteiger partial charge in [-0.2, -0.15) is 4.37 Å².